The van der Waals surface area contributed by atoms with Crippen LogP contribution in [0.1, 0.15) is 67.2 Å². The SMILES string of the molecule is CCC(CC)c1nnc(NC(=O)c2cccc(S(=O)(=O)N3CCCCC3)c2)s1. The van der Waals surface area contributed by atoms with Gasteiger partial charge in [-0.3, -0.25) is 10.1 Å². The van der Waals surface area contributed by atoms with E-state index in [1.807, 2.05) is 0 Å². The van der Waals surface area contributed by atoms with Gasteiger partial charge in [0.15, 0.2) is 0 Å². The van der Waals surface area contributed by atoms with Crippen LogP contribution in [0.5, 0.6) is 0 Å². The van der Waals surface area contributed by atoms with Crippen molar-refractivity contribution in [3.8, 4) is 0 Å². The fourth-order valence-electron chi connectivity index (χ4n) is 3.31. The number of hydrogen-bond donors (Lipinski definition) is 1. The van der Waals surface area contributed by atoms with E-state index in [-0.39, 0.29) is 16.4 Å². The zero-order valence-corrected chi connectivity index (χ0v) is 17.9. The summed E-state index contributed by atoms with van der Waals surface area (Å²) in [4.78, 5) is 12.8. The van der Waals surface area contributed by atoms with Crippen molar-refractivity contribution in [1.82, 2.24) is 14.5 Å². The summed E-state index contributed by atoms with van der Waals surface area (Å²) in [6.07, 6.45) is 4.73. The van der Waals surface area contributed by atoms with Crippen LogP contribution in [-0.4, -0.2) is 41.9 Å². The normalized spacial score (nSPS) is 15.7. The van der Waals surface area contributed by atoms with Crippen LogP contribution in [0.2, 0.25) is 0 Å². The first-order chi connectivity index (χ1) is 13.5. The van der Waals surface area contributed by atoms with Crippen molar-refractivity contribution in [1.29, 1.82) is 0 Å². The van der Waals surface area contributed by atoms with Crippen LogP contribution >= 0.6 is 11.3 Å². The van der Waals surface area contributed by atoms with Gasteiger partial charge in [-0.2, -0.15) is 4.31 Å². The first kappa shape index (κ1) is 20.9. The Kier molecular flexibility index (Phi) is 6.79. The highest BCUT2D eigenvalue weighted by molar-refractivity contribution is 7.89. The number of rotatable bonds is 7. The van der Waals surface area contributed by atoms with Crippen LogP contribution in [0.15, 0.2) is 29.2 Å². The van der Waals surface area contributed by atoms with Crippen molar-refractivity contribution in [2.45, 2.75) is 56.8 Å². The first-order valence-corrected chi connectivity index (χ1v) is 12.0. The number of nitrogens with one attached hydrogen (secondary N) is 1. The lowest BCUT2D eigenvalue weighted by Crippen LogP contribution is -2.35. The number of benzene rings is 1. The predicted octanol–water partition coefficient (Wildman–Crippen LogP) is 3.87. The van der Waals surface area contributed by atoms with Crippen LogP contribution in [0.4, 0.5) is 5.13 Å². The topological polar surface area (TPSA) is 92.3 Å². The zero-order valence-electron chi connectivity index (χ0n) is 16.2. The van der Waals surface area contributed by atoms with E-state index in [0.717, 1.165) is 37.1 Å². The Morgan fingerprint density at radius 3 is 2.57 bits per heavy atom. The molecule has 1 aromatic carbocycles. The number of piperidine rings is 1. The van der Waals surface area contributed by atoms with Gasteiger partial charge in [-0.1, -0.05) is 37.7 Å². The van der Waals surface area contributed by atoms with E-state index in [1.54, 1.807) is 12.1 Å². The van der Waals surface area contributed by atoms with Crippen LogP contribution in [0.3, 0.4) is 0 Å². The molecule has 152 valence electrons. The fourth-order valence-corrected chi connectivity index (χ4v) is 5.88. The quantitative estimate of drug-likeness (QED) is 0.731. The van der Waals surface area contributed by atoms with Gasteiger partial charge in [0.2, 0.25) is 15.2 Å². The second kappa shape index (κ2) is 9.11. The van der Waals surface area contributed by atoms with E-state index in [2.05, 4.69) is 29.4 Å². The molecule has 2 heterocycles. The number of carbonyl (C=O) groups is 1. The summed E-state index contributed by atoms with van der Waals surface area (Å²) in [6, 6.07) is 6.17. The first-order valence-electron chi connectivity index (χ1n) is 9.70. The van der Waals surface area contributed by atoms with Crippen molar-refractivity contribution in [2.24, 2.45) is 0 Å². The van der Waals surface area contributed by atoms with E-state index in [9.17, 15) is 13.2 Å². The average molecular weight is 423 g/mol. The van der Waals surface area contributed by atoms with Crippen LogP contribution in [0, 0.1) is 0 Å². The van der Waals surface area contributed by atoms with Crippen LogP contribution in [-0.2, 0) is 10.0 Å². The standard InChI is InChI=1S/C19H26N4O3S2/c1-3-14(4-2)18-21-22-19(27-18)20-17(24)15-9-8-10-16(13-15)28(25,26)23-11-6-5-7-12-23/h8-10,13-14H,3-7,11-12H2,1-2H3,(H,20,22,24). The smallest absolute Gasteiger partial charge is 0.257 e. The minimum atomic E-state index is -3.58. The summed E-state index contributed by atoms with van der Waals surface area (Å²) < 4.78 is 27.2. The number of anilines is 1. The van der Waals surface area contributed by atoms with E-state index in [1.165, 1.54) is 27.8 Å². The van der Waals surface area contributed by atoms with Gasteiger partial charge < -0.3 is 0 Å². The maximum atomic E-state index is 12.8. The van der Waals surface area contributed by atoms with Crippen LogP contribution < -0.4 is 5.32 Å². The highest BCUT2D eigenvalue weighted by Gasteiger charge is 2.26. The molecule has 3 rings (SSSR count). The third-order valence-corrected chi connectivity index (χ3v) is 7.94. The van der Waals surface area contributed by atoms with Gasteiger partial charge in [0.25, 0.3) is 5.91 Å². The number of hydrogen-bond acceptors (Lipinski definition) is 6. The van der Waals surface area contributed by atoms with Gasteiger partial charge in [-0.05, 0) is 43.9 Å². The molecule has 2 aromatic rings. The summed E-state index contributed by atoms with van der Waals surface area (Å²) in [5, 5.41) is 12.3. The maximum absolute atomic E-state index is 12.8. The molecule has 9 heteroatoms. The molecule has 0 atom stereocenters. The number of amides is 1. The third-order valence-electron chi connectivity index (χ3n) is 5.04. The second-order valence-electron chi connectivity index (χ2n) is 6.91. The summed E-state index contributed by atoms with van der Waals surface area (Å²) in [5.74, 6) is -0.0518. The molecule has 1 N–H and O–H groups in total. The molecule has 0 saturated carbocycles. The molecule has 7 nitrogen and oxygen atoms in total. The van der Waals surface area contributed by atoms with Gasteiger partial charge in [0, 0.05) is 24.6 Å². The highest BCUT2D eigenvalue weighted by Crippen LogP contribution is 2.28. The maximum Gasteiger partial charge on any atom is 0.257 e. The number of aromatic nitrogens is 2. The van der Waals surface area contributed by atoms with Crippen molar-refractivity contribution >= 4 is 32.4 Å². The third kappa shape index (κ3) is 4.59. The molecule has 1 aromatic heterocycles. The molecular formula is C19H26N4O3S2. The lowest BCUT2D eigenvalue weighted by Gasteiger charge is -2.26. The van der Waals surface area contributed by atoms with Gasteiger partial charge in [-0.25, -0.2) is 8.42 Å². The predicted molar refractivity (Wildman–Crippen MR) is 110 cm³/mol. The Balaban J connectivity index is 1.75. The van der Waals surface area contributed by atoms with Crippen molar-refractivity contribution in [2.75, 3.05) is 18.4 Å². The molecule has 1 saturated heterocycles. The van der Waals surface area contributed by atoms with E-state index in [4.69, 9.17) is 0 Å². The Labute approximate surface area is 170 Å². The van der Waals surface area contributed by atoms with Crippen LogP contribution in [0.25, 0.3) is 0 Å². The molecule has 0 radical (unpaired) electrons. The summed E-state index contributed by atoms with van der Waals surface area (Å²) in [5.41, 5.74) is 0.289. The molecule has 1 amide bonds. The van der Waals surface area contributed by atoms with E-state index in [0.29, 0.717) is 24.1 Å². The molecule has 1 aliphatic heterocycles. The second-order valence-corrected chi connectivity index (χ2v) is 9.85. The van der Waals surface area contributed by atoms with Crippen molar-refractivity contribution < 1.29 is 13.2 Å². The fraction of sp³-hybridized carbons (Fsp3) is 0.526. The Morgan fingerprint density at radius 1 is 1.18 bits per heavy atom. The highest BCUT2D eigenvalue weighted by atomic mass is 32.2. The van der Waals surface area contributed by atoms with Gasteiger partial charge in [0.05, 0.1) is 4.90 Å². The minimum Gasteiger partial charge on any atom is -0.296 e. The van der Waals surface area contributed by atoms with E-state index >= 15 is 0 Å². The summed E-state index contributed by atoms with van der Waals surface area (Å²) >= 11 is 1.36. The van der Waals surface area contributed by atoms with Crippen molar-refractivity contribution in [3.63, 3.8) is 0 Å². The number of sulfonamides is 1. The molecule has 1 fully saturated rings. The molecule has 0 unspecified atom stereocenters. The Morgan fingerprint density at radius 2 is 1.89 bits per heavy atom. The minimum absolute atomic E-state index is 0.150. The summed E-state index contributed by atoms with van der Waals surface area (Å²) in [6.45, 7) is 5.26. The van der Waals surface area contributed by atoms with Crippen molar-refractivity contribution in [3.05, 3.63) is 34.8 Å². The molecule has 0 spiro atoms. The average Bonchev–Trinajstić information content (AvgIpc) is 3.18. The molecule has 0 aliphatic carbocycles. The molecule has 28 heavy (non-hydrogen) atoms. The lowest BCUT2D eigenvalue weighted by molar-refractivity contribution is 0.102. The van der Waals surface area contributed by atoms with Gasteiger partial charge in [-0.15, -0.1) is 10.2 Å². The monoisotopic (exact) mass is 422 g/mol. The van der Waals surface area contributed by atoms with Gasteiger partial charge in [0.1, 0.15) is 5.01 Å². The summed E-state index contributed by atoms with van der Waals surface area (Å²) in [7, 11) is -3.58. The number of nitrogens with zero attached hydrogens (tertiary/aromatic N) is 3. The number of carbonyl (C=O) groups excluding carboxylic acids is 1. The Hall–Kier alpha value is -1.84. The Bertz CT molecular complexity index is 917. The van der Waals surface area contributed by atoms with Gasteiger partial charge >= 0.3 is 0 Å². The molecule has 1 aliphatic rings. The largest absolute Gasteiger partial charge is 0.296 e. The molecular weight excluding hydrogens is 396 g/mol. The lowest BCUT2D eigenvalue weighted by atomic mass is 10.1. The van der Waals surface area contributed by atoms with E-state index < -0.39 is 10.0 Å². The zero-order chi connectivity index (χ0) is 20.1. The molecule has 0 bridgehead atoms.